The Balaban J connectivity index is 2.64. The molecule has 1 unspecified atom stereocenters. The smallest absolute Gasteiger partial charge is 0.407 e. The van der Waals surface area contributed by atoms with E-state index in [1.807, 2.05) is 0 Å². The second kappa shape index (κ2) is 7.71. The normalized spacial score (nSPS) is 12.3. The number of amides is 1. The van der Waals surface area contributed by atoms with Gasteiger partial charge in [0.15, 0.2) is 0 Å². The number of ketones is 1. The number of hydrogen-bond donors (Lipinski definition) is 1. The van der Waals surface area contributed by atoms with Crippen molar-refractivity contribution in [3.05, 3.63) is 39.9 Å². The van der Waals surface area contributed by atoms with Gasteiger partial charge in [0, 0.05) is 24.6 Å². The fraction of sp³-hybridized carbons (Fsp3) is 0.500. The predicted molar refractivity (Wildman–Crippen MR) is 85.4 cm³/mol. The number of non-ortho nitro benzene ring substituents is 1. The van der Waals surface area contributed by atoms with Crippen molar-refractivity contribution in [2.45, 2.75) is 45.6 Å². The summed E-state index contributed by atoms with van der Waals surface area (Å²) in [7, 11) is 0. The third kappa shape index (κ3) is 6.46. The van der Waals surface area contributed by atoms with Gasteiger partial charge < -0.3 is 10.1 Å². The lowest BCUT2D eigenvalue weighted by atomic mass is 9.92. The first-order valence-corrected chi connectivity index (χ1v) is 7.32. The van der Waals surface area contributed by atoms with Crippen LogP contribution in [0.1, 0.15) is 45.6 Å². The quantitative estimate of drug-likeness (QED) is 0.640. The van der Waals surface area contributed by atoms with E-state index in [0.29, 0.717) is 12.0 Å². The van der Waals surface area contributed by atoms with Crippen molar-refractivity contribution < 1.29 is 19.2 Å². The van der Waals surface area contributed by atoms with Gasteiger partial charge in [-0.15, -0.1) is 0 Å². The number of alkyl carbamates (subject to hydrolysis) is 1. The summed E-state index contributed by atoms with van der Waals surface area (Å²) in [5, 5.41) is 13.3. The number of carbonyl (C=O) groups excluding carboxylic acids is 2. The summed E-state index contributed by atoms with van der Waals surface area (Å²) in [6.07, 6.45) is -0.143. The van der Waals surface area contributed by atoms with Crippen LogP contribution in [0.5, 0.6) is 0 Å². The van der Waals surface area contributed by atoms with E-state index in [1.54, 1.807) is 32.9 Å². The highest BCUT2D eigenvalue weighted by atomic mass is 16.6. The minimum absolute atomic E-state index is 0.0251. The Morgan fingerprint density at radius 1 is 1.26 bits per heavy atom. The maximum atomic E-state index is 11.8. The maximum absolute atomic E-state index is 11.8. The standard InChI is InChI=1S/C16H22N2O5/c1-11(19)14(9-10-17-15(20)23-16(2,3)4)12-5-7-13(8-6-12)18(21)22/h5-8,14H,9-10H2,1-4H3,(H,17,20). The largest absolute Gasteiger partial charge is 0.444 e. The van der Waals surface area contributed by atoms with Gasteiger partial charge in [0.1, 0.15) is 11.4 Å². The average molecular weight is 322 g/mol. The summed E-state index contributed by atoms with van der Waals surface area (Å²) in [5.41, 5.74) is 0.0830. The first kappa shape index (κ1) is 18.6. The Hall–Kier alpha value is -2.44. The Kier molecular flexibility index (Phi) is 6.24. The molecule has 0 bridgehead atoms. The third-order valence-corrected chi connectivity index (χ3v) is 3.10. The molecule has 23 heavy (non-hydrogen) atoms. The van der Waals surface area contributed by atoms with Crippen LogP contribution in [0.2, 0.25) is 0 Å². The van der Waals surface area contributed by atoms with Crippen LogP contribution < -0.4 is 5.32 Å². The molecular formula is C16H22N2O5. The van der Waals surface area contributed by atoms with E-state index in [1.165, 1.54) is 19.1 Å². The molecule has 0 aliphatic rings. The highest BCUT2D eigenvalue weighted by Crippen LogP contribution is 2.23. The van der Waals surface area contributed by atoms with Gasteiger partial charge >= 0.3 is 6.09 Å². The molecule has 0 aliphatic heterocycles. The summed E-state index contributed by atoms with van der Waals surface area (Å²) in [6.45, 7) is 7.03. The molecule has 0 aromatic heterocycles. The zero-order chi connectivity index (χ0) is 17.6. The number of carbonyl (C=O) groups is 2. The van der Waals surface area contributed by atoms with Crippen LogP contribution in [0.4, 0.5) is 10.5 Å². The minimum Gasteiger partial charge on any atom is -0.444 e. The van der Waals surface area contributed by atoms with Crippen molar-refractivity contribution in [2.75, 3.05) is 6.54 Å². The molecule has 0 spiro atoms. The van der Waals surface area contributed by atoms with Gasteiger partial charge in [-0.25, -0.2) is 4.79 Å². The maximum Gasteiger partial charge on any atom is 0.407 e. The lowest BCUT2D eigenvalue weighted by Gasteiger charge is -2.20. The van der Waals surface area contributed by atoms with Crippen molar-refractivity contribution in [2.24, 2.45) is 0 Å². The number of nitrogens with one attached hydrogen (secondary N) is 1. The molecule has 0 heterocycles. The van der Waals surface area contributed by atoms with Crippen molar-refractivity contribution in [3.8, 4) is 0 Å². The molecule has 7 nitrogen and oxygen atoms in total. The average Bonchev–Trinajstić information content (AvgIpc) is 2.41. The molecular weight excluding hydrogens is 300 g/mol. The number of benzene rings is 1. The topological polar surface area (TPSA) is 98.5 Å². The van der Waals surface area contributed by atoms with Crippen LogP contribution in [0, 0.1) is 10.1 Å². The number of Topliss-reactive ketones (excluding diaryl/α,β-unsaturated/α-hetero) is 1. The SMILES string of the molecule is CC(=O)C(CCNC(=O)OC(C)(C)C)c1ccc([N+](=O)[O-])cc1. The molecule has 1 N–H and O–H groups in total. The minimum atomic E-state index is -0.581. The van der Waals surface area contributed by atoms with E-state index in [-0.39, 0.29) is 18.0 Å². The summed E-state index contributed by atoms with van der Waals surface area (Å²) < 4.78 is 5.12. The van der Waals surface area contributed by atoms with Gasteiger partial charge in [-0.3, -0.25) is 14.9 Å². The van der Waals surface area contributed by atoms with E-state index in [9.17, 15) is 19.7 Å². The molecule has 1 amide bonds. The molecule has 7 heteroatoms. The molecule has 0 fully saturated rings. The number of ether oxygens (including phenoxy) is 1. The van der Waals surface area contributed by atoms with Crippen LogP contribution in [-0.4, -0.2) is 28.9 Å². The predicted octanol–water partition coefficient (Wildman–Crippen LogP) is 3.18. The number of hydrogen-bond acceptors (Lipinski definition) is 5. The fourth-order valence-corrected chi connectivity index (χ4v) is 2.07. The Morgan fingerprint density at radius 3 is 2.26 bits per heavy atom. The second-order valence-corrected chi connectivity index (χ2v) is 6.23. The molecule has 0 saturated heterocycles. The van der Waals surface area contributed by atoms with Crippen LogP contribution in [0.25, 0.3) is 0 Å². The third-order valence-electron chi connectivity index (χ3n) is 3.10. The number of nitro groups is 1. The highest BCUT2D eigenvalue weighted by Gasteiger charge is 2.20. The Morgan fingerprint density at radius 2 is 1.83 bits per heavy atom. The van der Waals surface area contributed by atoms with Crippen molar-refractivity contribution in [1.29, 1.82) is 0 Å². The van der Waals surface area contributed by atoms with Gasteiger partial charge in [0.25, 0.3) is 5.69 Å². The zero-order valence-electron chi connectivity index (χ0n) is 13.8. The Bertz CT molecular complexity index is 575. The molecule has 1 aromatic carbocycles. The van der Waals surface area contributed by atoms with Gasteiger partial charge in [-0.05, 0) is 39.7 Å². The molecule has 1 aromatic rings. The van der Waals surface area contributed by atoms with Crippen LogP contribution >= 0.6 is 0 Å². The number of nitro benzene ring substituents is 1. The number of nitrogens with zero attached hydrogens (tertiary/aromatic N) is 1. The van der Waals surface area contributed by atoms with Crippen molar-refractivity contribution >= 4 is 17.6 Å². The van der Waals surface area contributed by atoms with Crippen molar-refractivity contribution in [1.82, 2.24) is 5.32 Å². The first-order valence-electron chi connectivity index (χ1n) is 7.32. The lowest BCUT2D eigenvalue weighted by Crippen LogP contribution is -2.33. The van der Waals surface area contributed by atoms with Gasteiger partial charge in [-0.2, -0.15) is 0 Å². The molecule has 0 radical (unpaired) electrons. The van der Waals surface area contributed by atoms with E-state index in [2.05, 4.69) is 5.32 Å². The van der Waals surface area contributed by atoms with Gasteiger partial charge in [-0.1, -0.05) is 12.1 Å². The first-order chi connectivity index (χ1) is 10.6. The molecule has 0 aliphatic carbocycles. The fourth-order valence-electron chi connectivity index (χ4n) is 2.07. The van der Waals surface area contributed by atoms with Gasteiger partial charge in [0.2, 0.25) is 0 Å². The summed E-state index contributed by atoms with van der Waals surface area (Å²) in [6, 6.07) is 5.87. The van der Waals surface area contributed by atoms with E-state index in [0.717, 1.165) is 0 Å². The number of rotatable bonds is 6. The highest BCUT2D eigenvalue weighted by molar-refractivity contribution is 5.83. The van der Waals surface area contributed by atoms with Crippen LogP contribution in [-0.2, 0) is 9.53 Å². The second-order valence-electron chi connectivity index (χ2n) is 6.23. The molecule has 126 valence electrons. The van der Waals surface area contributed by atoms with E-state index >= 15 is 0 Å². The summed E-state index contributed by atoms with van der Waals surface area (Å²) >= 11 is 0. The lowest BCUT2D eigenvalue weighted by molar-refractivity contribution is -0.384. The molecule has 0 saturated carbocycles. The molecule has 1 atom stereocenters. The summed E-state index contributed by atoms with van der Waals surface area (Å²) in [4.78, 5) is 33.5. The van der Waals surface area contributed by atoms with Crippen molar-refractivity contribution in [3.63, 3.8) is 0 Å². The van der Waals surface area contributed by atoms with E-state index < -0.39 is 22.5 Å². The molecule has 1 rings (SSSR count). The van der Waals surface area contributed by atoms with Crippen LogP contribution in [0.15, 0.2) is 24.3 Å². The zero-order valence-corrected chi connectivity index (χ0v) is 13.8. The monoisotopic (exact) mass is 322 g/mol. The van der Waals surface area contributed by atoms with E-state index in [4.69, 9.17) is 4.74 Å². The Labute approximate surface area is 135 Å². The summed E-state index contributed by atoms with van der Waals surface area (Å²) in [5.74, 6) is -0.490. The van der Waals surface area contributed by atoms with Crippen LogP contribution in [0.3, 0.4) is 0 Å². The van der Waals surface area contributed by atoms with Gasteiger partial charge in [0.05, 0.1) is 4.92 Å².